The van der Waals surface area contributed by atoms with E-state index < -0.39 is 6.04 Å². The number of halogens is 2. The van der Waals surface area contributed by atoms with Gasteiger partial charge in [-0.15, -0.1) is 11.8 Å². The van der Waals surface area contributed by atoms with E-state index in [1.807, 2.05) is 55.5 Å². The molecule has 31 heavy (non-hydrogen) atoms. The smallest absolute Gasteiger partial charge is 0.242 e. The van der Waals surface area contributed by atoms with Crippen LogP contribution in [0.5, 0.6) is 0 Å². The van der Waals surface area contributed by atoms with Gasteiger partial charge < -0.3 is 10.2 Å². The van der Waals surface area contributed by atoms with E-state index in [2.05, 4.69) is 21.2 Å². The molecule has 0 saturated heterocycles. The van der Waals surface area contributed by atoms with Crippen molar-refractivity contribution in [2.24, 2.45) is 0 Å². The third-order valence-electron chi connectivity index (χ3n) is 5.52. The Bertz CT molecular complexity index is 887. The Kier molecular flexibility index (Phi) is 9.30. The first-order valence-corrected chi connectivity index (χ1v) is 12.9. The summed E-state index contributed by atoms with van der Waals surface area (Å²) in [7, 11) is 0. The van der Waals surface area contributed by atoms with Gasteiger partial charge in [0.25, 0.3) is 0 Å². The van der Waals surface area contributed by atoms with Crippen molar-refractivity contribution in [3.8, 4) is 0 Å². The second-order valence-electron chi connectivity index (χ2n) is 7.94. The van der Waals surface area contributed by atoms with E-state index >= 15 is 0 Å². The molecule has 2 aromatic carbocycles. The lowest BCUT2D eigenvalue weighted by molar-refractivity contribution is -0.138. The lowest BCUT2D eigenvalue weighted by Crippen LogP contribution is -2.50. The zero-order chi connectivity index (χ0) is 22.2. The zero-order valence-corrected chi connectivity index (χ0v) is 20.8. The highest BCUT2D eigenvalue weighted by atomic mass is 79.9. The number of carbonyl (C=O) groups is 2. The molecule has 2 aromatic rings. The number of rotatable bonds is 9. The van der Waals surface area contributed by atoms with Crippen LogP contribution in [-0.2, 0) is 21.9 Å². The molecule has 4 nitrogen and oxygen atoms in total. The summed E-state index contributed by atoms with van der Waals surface area (Å²) in [5, 5.41) is 3.83. The van der Waals surface area contributed by atoms with Crippen molar-refractivity contribution in [2.75, 3.05) is 5.75 Å². The van der Waals surface area contributed by atoms with Gasteiger partial charge >= 0.3 is 0 Å². The SMILES string of the molecule is C[C@H](C(=O)NC1CCCC1)N(Cc1ccc(Br)cc1)C(=O)CSCc1cccc(Cl)c1. The predicted octanol–water partition coefficient (Wildman–Crippen LogP) is 5.81. The van der Waals surface area contributed by atoms with Crippen molar-refractivity contribution >= 4 is 51.1 Å². The molecule has 0 aliphatic heterocycles. The van der Waals surface area contributed by atoms with Gasteiger partial charge in [-0.1, -0.05) is 64.6 Å². The van der Waals surface area contributed by atoms with Crippen LogP contribution in [0.25, 0.3) is 0 Å². The first-order chi connectivity index (χ1) is 14.9. The summed E-state index contributed by atoms with van der Waals surface area (Å²) >= 11 is 11.0. The number of carbonyl (C=O) groups excluding carboxylic acids is 2. The molecule has 1 aliphatic carbocycles. The molecular formula is C24H28BrClN2O2S. The van der Waals surface area contributed by atoms with Crippen LogP contribution >= 0.6 is 39.3 Å². The maximum Gasteiger partial charge on any atom is 0.242 e. The fourth-order valence-electron chi connectivity index (χ4n) is 3.73. The first-order valence-electron chi connectivity index (χ1n) is 10.6. The fraction of sp³-hybridized carbons (Fsp3) is 0.417. The topological polar surface area (TPSA) is 49.4 Å². The van der Waals surface area contributed by atoms with E-state index in [1.54, 1.807) is 4.90 Å². The van der Waals surface area contributed by atoms with Crippen LogP contribution in [0.1, 0.15) is 43.7 Å². The maximum atomic E-state index is 13.1. The molecule has 3 rings (SSSR count). The van der Waals surface area contributed by atoms with E-state index in [0.29, 0.717) is 23.1 Å². The van der Waals surface area contributed by atoms with Crippen LogP contribution in [0.15, 0.2) is 53.0 Å². The summed E-state index contributed by atoms with van der Waals surface area (Å²) in [6.45, 7) is 2.23. The van der Waals surface area contributed by atoms with Gasteiger partial charge in [0.2, 0.25) is 11.8 Å². The number of nitrogens with one attached hydrogen (secondary N) is 1. The molecule has 166 valence electrons. The number of amides is 2. The van der Waals surface area contributed by atoms with Crippen LogP contribution < -0.4 is 5.32 Å². The van der Waals surface area contributed by atoms with E-state index in [1.165, 1.54) is 11.8 Å². The second kappa shape index (κ2) is 11.9. The fourth-order valence-corrected chi connectivity index (χ4v) is 5.06. The molecule has 1 fully saturated rings. The van der Waals surface area contributed by atoms with Gasteiger partial charge in [-0.3, -0.25) is 9.59 Å². The van der Waals surface area contributed by atoms with Gasteiger partial charge in [0, 0.05) is 27.8 Å². The number of hydrogen-bond donors (Lipinski definition) is 1. The Morgan fingerprint density at radius 3 is 2.55 bits per heavy atom. The van der Waals surface area contributed by atoms with E-state index in [9.17, 15) is 9.59 Å². The quantitative estimate of drug-likeness (QED) is 0.451. The minimum atomic E-state index is -0.525. The van der Waals surface area contributed by atoms with Crippen LogP contribution in [-0.4, -0.2) is 34.6 Å². The average molecular weight is 524 g/mol. The van der Waals surface area contributed by atoms with Crippen molar-refractivity contribution in [1.82, 2.24) is 10.2 Å². The summed E-state index contributed by atoms with van der Waals surface area (Å²) in [5.74, 6) is 0.895. The lowest BCUT2D eigenvalue weighted by atomic mass is 10.1. The monoisotopic (exact) mass is 522 g/mol. The number of nitrogens with zero attached hydrogens (tertiary/aromatic N) is 1. The molecule has 0 aromatic heterocycles. The average Bonchev–Trinajstić information content (AvgIpc) is 3.26. The molecule has 0 spiro atoms. The summed E-state index contributed by atoms with van der Waals surface area (Å²) in [4.78, 5) is 27.7. The van der Waals surface area contributed by atoms with Crippen LogP contribution in [0.3, 0.4) is 0 Å². The third-order valence-corrected chi connectivity index (χ3v) is 7.27. The molecule has 0 radical (unpaired) electrons. The van der Waals surface area contributed by atoms with Crippen molar-refractivity contribution in [2.45, 2.75) is 57.0 Å². The van der Waals surface area contributed by atoms with Crippen molar-refractivity contribution in [1.29, 1.82) is 0 Å². The highest BCUT2D eigenvalue weighted by Gasteiger charge is 2.28. The van der Waals surface area contributed by atoms with Gasteiger partial charge in [-0.05, 0) is 55.2 Å². The van der Waals surface area contributed by atoms with Crippen LogP contribution in [0.2, 0.25) is 5.02 Å². The van der Waals surface area contributed by atoms with Crippen LogP contribution in [0.4, 0.5) is 0 Å². The molecule has 0 bridgehead atoms. The lowest BCUT2D eigenvalue weighted by Gasteiger charge is -2.29. The van der Waals surface area contributed by atoms with Gasteiger partial charge in [0.15, 0.2) is 0 Å². The summed E-state index contributed by atoms with van der Waals surface area (Å²) in [5.41, 5.74) is 2.08. The summed E-state index contributed by atoms with van der Waals surface area (Å²) in [6.07, 6.45) is 4.35. The van der Waals surface area contributed by atoms with E-state index in [4.69, 9.17) is 11.6 Å². The van der Waals surface area contributed by atoms with Crippen molar-refractivity contribution in [3.63, 3.8) is 0 Å². The molecule has 1 atom stereocenters. The Balaban J connectivity index is 1.64. The zero-order valence-electron chi connectivity index (χ0n) is 17.7. The molecular weight excluding hydrogens is 496 g/mol. The minimum Gasteiger partial charge on any atom is -0.352 e. The Morgan fingerprint density at radius 2 is 1.87 bits per heavy atom. The minimum absolute atomic E-state index is 0.0379. The molecule has 0 heterocycles. The molecule has 1 saturated carbocycles. The highest BCUT2D eigenvalue weighted by molar-refractivity contribution is 9.10. The highest BCUT2D eigenvalue weighted by Crippen LogP contribution is 2.21. The molecule has 2 amide bonds. The third kappa shape index (κ3) is 7.55. The van der Waals surface area contributed by atoms with Crippen molar-refractivity contribution in [3.05, 3.63) is 69.2 Å². The van der Waals surface area contributed by atoms with Gasteiger partial charge in [0.1, 0.15) is 6.04 Å². The van der Waals surface area contributed by atoms with Crippen LogP contribution in [0, 0.1) is 0 Å². The number of benzene rings is 2. The standard InChI is InChI=1S/C24H28BrClN2O2S/c1-17(24(30)27-22-7-2-3-8-22)28(14-18-9-11-20(25)12-10-18)23(29)16-31-15-19-5-4-6-21(26)13-19/h4-6,9-13,17,22H,2-3,7-8,14-16H2,1H3,(H,27,30)/t17-/m1/s1. The van der Waals surface area contributed by atoms with E-state index in [0.717, 1.165) is 41.3 Å². The Hall–Kier alpha value is -1.50. The molecule has 7 heteroatoms. The Morgan fingerprint density at radius 1 is 1.16 bits per heavy atom. The second-order valence-corrected chi connectivity index (χ2v) is 10.3. The van der Waals surface area contributed by atoms with Crippen molar-refractivity contribution < 1.29 is 9.59 Å². The maximum absolute atomic E-state index is 13.1. The van der Waals surface area contributed by atoms with Gasteiger partial charge in [-0.2, -0.15) is 0 Å². The molecule has 1 N–H and O–H groups in total. The first kappa shape index (κ1) is 24.1. The number of thioether (sulfide) groups is 1. The van der Waals surface area contributed by atoms with E-state index in [-0.39, 0.29) is 17.9 Å². The summed E-state index contributed by atoms with van der Waals surface area (Å²) in [6, 6.07) is 15.2. The molecule has 1 aliphatic rings. The predicted molar refractivity (Wildman–Crippen MR) is 132 cm³/mol. The normalized spacial score (nSPS) is 14.9. The largest absolute Gasteiger partial charge is 0.352 e. The van der Waals surface area contributed by atoms with Gasteiger partial charge in [0.05, 0.1) is 5.75 Å². The molecule has 0 unspecified atom stereocenters. The summed E-state index contributed by atoms with van der Waals surface area (Å²) < 4.78 is 0.984. The Labute approximate surface area is 202 Å². The number of hydrogen-bond acceptors (Lipinski definition) is 3. The van der Waals surface area contributed by atoms with Gasteiger partial charge in [-0.25, -0.2) is 0 Å².